The molecule has 4 rings (SSSR count). The molecular weight excluding hydrogens is 310 g/mol. The molecule has 7 atom stereocenters. The van der Waals surface area contributed by atoms with E-state index in [0.29, 0.717) is 30.0 Å². The third-order valence-corrected chi connectivity index (χ3v) is 8.67. The van der Waals surface area contributed by atoms with Crippen LogP contribution in [0.5, 0.6) is 0 Å². The zero-order valence-electron chi connectivity index (χ0n) is 15.7. The van der Waals surface area contributed by atoms with Gasteiger partial charge in [0.05, 0.1) is 6.07 Å². The normalized spacial score (nSPS) is 48.6. The molecule has 0 aromatic carbocycles. The Morgan fingerprint density at radius 1 is 1.20 bits per heavy atom. The second kappa shape index (κ2) is 5.53. The number of rotatable bonds is 1. The standard InChI is InChI=1S/C22H29NO2/c1-13(24)17-6-7-18-16-5-4-15-10-20(25)14(12-23)11-22(15,3)19(16)8-9-21(17,18)2/h10,14,16-19H,4-9,11H2,1-3H3/t14-,16-,17+,18-,19-,21+,22-/m0/s1. The monoisotopic (exact) mass is 339 g/mol. The fourth-order valence-corrected chi connectivity index (χ4v) is 7.42. The Kier molecular flexibility index (Phi) is 3.76. The Morgan fingerprint density at radius 2 is 1.96 bits per heavy atom. The highest BCUT2D eigenvalue weighted by Crippen LogP contribution is 2.66. The predicted molar refractivity (Wildman–Crippen MR) is 95.4 cm³/mol. The molecule has 3 fully saturated rings. The van der Waals surface area contributed by atoms with E-state index in [1.54, 1.807) is 6.92 Å². The van der Waals surface area contributed by atoms with Crippen molar-refractivity contribution >= 4 is 11.6 Å². The van der Waals surface area contributed by atoms with Gasteiger partial charge in [-0.05, 0) is 86.5 Å². The smallest absolute Gasteiger partial charge is 0.172 e. The number of hydrogen-bond donors (Lipinski definition) is 0. The third kappa shape index (κ3) is 2.22. The van der Waals surface area contributed by atoms with Crippen molar-refractivity contribution < 1.29 is 9.59 Å². The maximum Gasteiger partial charge on any atom is 0.172 e. The summed E-state index contributed by atoms with van der Waals surface area (Å²) in [5, 5.41) is 9.41. The molecule has 3 nitrogen and oxygen atoms in total. The van der Waals surface area contributed by atoms with E-state index in [4.69, 9.17) is 0 Å². The van der Waals surface area contributed by atoms with Gasteiger partial charge in [-0.1, -0.05) is 19.4 Å². The van der Waals surface area contributed by atoms with Gasteiger partial charge in [-0.2, -0.15) is 5.26 Å². The Balaban J connectivity index is 1.68. The highest BCUT2D eigenvalue weighted by Gasteiger charge is 2.60. The van der Waals surface area contributed by atoms with Crippen LogP contribution in [0.4, 0.5) is 0 Å². The lowest BCUT2D eigenvalue weighted by Gasteiger charge is -2.58. The first-order valence-corrected chi connectivity index (χ1v) is 9.96. The molecule has 0 radical (unpaired) electrons. The Hall–Kier alpha value is -1.43. The van der Waals surface area contributed by atoms with Gasteiger partial charge in [0.25, 0.3) is 0 Å². The maximum atomic E-state index is 12.2. The fraction of sp³-hybridized carbons (Fsp3) is 0.773. The van der Waals surface area contributed by atoms with E-state index >= 15 is 0 Å². The molecule has 0 amide bonds. The summed E-state index contributed by atoms with van der Waals surface area (Å²) in [6.07, 6.45) is 9.17. The molecule has 0 aromatic rings. The van der Waals surface area contributed by atoms with Gasteiger partial charge in [0, 0.05) is 5.92 Å². The lowest BCUT2D eigenvalue weighted by molar-refractivity contribution is -0.129. The van der Waals surface area contributed by atoms with Gasteiger partial charge in [-0.3, -0.25) is 9.59 Å². The molecule has 0 unspecified atom stereocenters. The average Bonchev–Trinajstić information content (AvgIpc) is 2.92. The van der Waals surface area contributed by atoms with Crippen molar-refractivity contribution in [2.75, 3.05) is 0 Å². The van der Waals surface area contributed by atoms with E-state index < -0.39 is 5.92 Å². The maximum absolute atomic E-state index is 12.2. The van der Waals surface area contributed by atoms with Crippen LogP contribution in [0.1, 0.15) is 65.7 Å². The van der Waals surface area contributed by atoms with Crippen LogP contribution in [0, 0.1) is 51.8 Å². The molecule has 3 heteroatoms. The van der Waals surface area contributed by atoms with Gasteiger partial charge in [-0.25, -0.2) is 0 Å². The molecule has 4 aliphatic carbocycles. The SMILES string of the molecule is CC(=O)[C@H]1CC[C@H]2[C@@H]3CCC4=CC(=O)[C@H](C#N)C[C@]4(C)[C@H]3CC[C@]12C. The number of ketones is 2. The molecule has 4 aliphatic rings. The van der Waals surface area contributed by atoms with Crippen LogP contribution >= 0.6 is 0 Å². The van der Waals surface area contributed by atoms with E-state index in [9.17, 15) is 14.9 Å². The van der Waals surface area contributed by atoms with Crippen molar-refractivity contribution in [1.29, 1.82) is 5.26 Å². The van der Waals surface area contributed by atoms with Gasteiger partial charge in [0.15, 0.2) is 5.78 Å². The van der Waals surface area contributed by atoms with Crippen molar-refractivity contribution in [2.24, 2.45) is 40.4 Å². The molecule has 0 spiro atoms. The molecule has 134 valence electrons. The number of carbonyl (C=O) groups is 2. The van der Waals surface area contributed by atoms with Crippen LogP contribution < -0.4 is 0 Å². The first kappa shape index (κ1) is 17.0. The van der Waals surface area contributed by atoms with Crippen LogP contribution in [-0.4, -0.2) is 11.6 Å². The van der Waals surface area contributed by atoms with Crippen molar-refractivity contribution in [1.82, 2.24) is 0 Å². The van der Waals surface area contributed by atoms with Crippen LogP contribution in [0.15, 0.2) is 11.6 Å². The van der Waals surface area contributed by atoms with Crippen LogP contribution in [-0.2, 0) is 9.59 Å². The van der Waals surface area contributed by atoms with E-state index in [1.165, 1.54) is 12.0 Å². The number of Topliss-reactive ketones (excluding diaryl/α,β-unsaturated/α-hetero) is 1. The largest absolute Gasteiger partial charge is 0.300 e. The Labute approximate surface area is 150 Å². The molecule has 0 N–H and O–H groups in total. The third-order valence-electron chi connectivity index (χ3n) is 8.67. The highest BCUT2D eigenvalue weighted by molar-refractivity contribution is 5.95. The number of nitriles is 1. The van der Waals surface area contributed by atoms with Gasteiger partial charge >= 0.3 is 0 Å². The Bertz CT molecular complexity index is 701. The van der Waals surface area contributed by atoms with Crippen molar-refractivity contribution in [3.63, 3.8) is 0 Å². The minimum absolute atomic E-state index is 0.00681. The highest BCUT2D eigenvalue weighted by atomic mass is 16.1. The Morgan fingerprint density at radius 3 is 2.64 bits per heavy atom. The summed E-state index contributed by atoms with van der Waals surface area (Å²) in [4.78, 5) is 24.4. The predicted octanol–water partition coefficient (Wildman–Crippen LogP) is 4.47. The minimum Gasteiger partial charge on any atom is -0.300 e. The molecule has 0 saturated heterocycles. The number of fused-ring (bicyclic) bond motifs is 5. The molecule has 25 heavy (non-hydrogen) atoms. The number of hydrogen-bond acceptors (Lipinski definition) is 3. The van der Waals surface area contributed by atoms with Gasteiger partial charge in [-0.15, -0.1) is 0 Å². The summed E-state index contributed by atoms with van der Waals surface area (Å²) in [7, 11) is 0. The van der Waals surface area contributed by atoms with Crippen LogP contribution in [0.25, 0.3) is 0 Å². The quantitative estimate of drug-likeness (QED) is 0.708. The van der Waals surface area contributed by atoms with E-state index in [-0.39, 0.29) is 22.5 Å². The van der Waals surface area contributed by atoms with E-state index in [2.05, 4.69) is 19.9 Å². The second-order valence-corrected chi connectivity index (χ2v) is 9.58. The summed E-state index contributed by atoms with van der Waals surface area (Å²) < 4.78 is 0. The summed E-state index contributed by atoms with van der Waals surface area (Å²) >= 11 is 0. The topological polar surface area (TPSA) is 57.9 Å². The first-order chi connectivity index (χ1) is 11.8. The van der Waals surface area contributed by atoms with Gasteiger partial charge < -0.3 is 0 Å². The zero-order valence-corrected chi connectivity index (χ0v) is 15.7. The minimum atomic E-state index is -0.464. The molecule has 0 aromatic heterocycles. The molecule has 0 bridgehead atoms. The molecule has 0 aliphatic heterocycles. The number of carbonyl (C=O) groups excluding carboxylic acids is 2. The number of nitrogens with zero attached hydrogens (tertiary/aromatic N) is 1. The van der Waals surface area contributed by atoms with Crippen LogP contribution in [0.3, 0.4) is 0 Å². The average molecular weight is 339 g/mol. The lowest BCUT2D eigenvalue weighted by Crippen LogP contribution is -2.51. The fourth-order valence-electron chi connectivity index (χ4n) is 7.42. The lowest BCUT2D eigenvalue weighted by atomic mass is 9.46. The summed E-state index contributed by atoms with van der Waals surface area (Å²) in [6, 6.07) is 2.24. The summed E-state index contributed by atoms with van der Waals surface area (Å²) in [5.74, 6) is 2.03. The van der Waals surface area contributed by atoms with Crippen molar-refractivity contribution in [3.05, 3.63) is 11.6 Å². The van der Waals surface area contributed by atoms with E-state index in [1.807, 2.05) is 6.08 Å². The van der Waals surface area contributed by atoms with Crippen LogP contribution in [0.2, 0.25) is 0 Å². The summed E-state index contributed by atoms with van der Waals surface area (Å²) in [6.45, 7) is 6.45. The molecule has 3 saturated carbocycles. The van der Waals surface area contributed by atoms with Crippen molar-refractivity contribution in [3.8, 4) is 6.07 Å². The first-order valence-electron chi connectivity index (χ1n) is 9.96. The summed E-state index contributed by atoms with van der Waals surface area (Å²) in [5.41, 5.74) is 1.48. The zero-order chi connectivity index (χ0) is 18.0. The number of allylic oxidation sites excluding steroid dienone is 1. The van der Waals surface area contributed by atoms with Gasteiger partial charge in [0.2, 0.25) is 0 Å². The second-order valence-electron chi connectivity index (χ2n) is 9.58. The van der Waals surface area contributed by atoms with Crippen molar-refractivity contribution in [2.45, 2.75) is 65.7 Å². The molecule has 0 heterocycles. The van der Waals surface area contributed by atoms with Gasteiger partial charge in [0.1, 0.15) is 11.7 Å². The molecular formula is C22H29NO2. The van der Waals surface area contributed by atoms with E-state index in [0.717, 1.165) is 32.1 Å².